The Kier molecular flexibility index (Phi) is 5.22. The van der Waals surface area contributed by atoms with E-state index in [0.717, 1.165) is 18.7 Å². The number of hydrogen-bond donors (Lipinski definition) is 1. The van der Waals surface area contributed by atoms with Gasteiger partial charge < -0.3 is 10.1 Å². The summed E-state index contributed by atoms with van der Waals surface area (Å²) in [6.45, 7) is 7.17. The topological polar surface area (TPSA) is 34.1 Å². The minimum atomic E-state index is 0.359. The van der Waals surface area contributed by atoms with Crippen molar-refractivity contribution in [3.05, 3.63) is 16.1 Å². The van der Waals surface area contributed by atoms with Gasteiger partial charge in [-0.05, 0) is 20.3 Å². The first-order valence-electron chi connectivity index (χ1n) is 5.34. The van der Waals surface area contributed by atoms with Crippen molar-refractivity contribution in [3.8, 4) is 0 Å². The van der Waals surface area contributed by atoms with E-state index in [-0.39, 0.29) is 0 Å². The monoisotopic (exact) mass is 228 g/mol. The van der Waals surface area contributed by atoms with Gasteiger partial charge in [0.25, 0.3) is 0 Å². The van der Waals surface area contributed by atoms with Crippen molar-refractivity contribution < 1.29 is 4.74 Å². The summed E-state index contributed by atoms with van der Waals surface area (Å²) in [5.74, 6) is 0. The summed E-state index contributed by atoms with van der Waals surface area (Å²) in [6.07, 6.45) is 1.08. The number of aromatic nitrogens is 1. The van der Waals surface area contributed by atoms with E-state index in [1.165, 1.54) is 4.88 Å². The van der Waals surface area contributed by atoms with Gasteiger partial charge in [-0.2, -0.15) is 0 Å². The van der Waals surface area contributed by atoms with E-state index in [1.54, 1.807) is 18.4 Å². The van der Waals surface area contributed by atoms with Crippen molar-refractivity contribution in [2.75, 3.05) is 13.7 Å². The van der Waals surface area contributed by atoms with Gasteiger partial charge in [0.05, 0.1) is 17.8 Å². The summed E-state index contributed by atoms with van der Waals surface area (Å²) >= 11 is 1.71. The molecule has 2 atom stereocenters. The number of aryl methyl sites for hydroxylation is 1. The van der Waals surface area contributed by atoms with Crippen LogP contribution in [0.4, 0.5) is 0 Å². The number of methoxy groups -OCH3 is 1. The molecule has 0 aliphatic rings. The molecule has 0 aliphatic heterocycles. The second-order valence-corrected chi connectivity index (χ2v) is 4.64. The van der Waals surface area contributed by atoms with Gasteiger partial charge in [-0.3, -0.25) is 0 Å². The number of rotatable bonds is 6. The smallest absolute Gasteiger partial charge is 0.0798 e. The Labute approximate surface area is 95.9 Å². The third-order valence-corrected chi connectivity index (χ3v) is 3.64. The molecule has 1 N–H and O–H groups in total. The molecule has 0 aromatic carbocycles. The average Bonchev–Trinajstić information content (AvgIpc) is 2.63. The molecule has 0 bridgehead atoms. The van der Waals surface area contributed by atoms with Crippen molar-refractivity contribution in [2.45, 2.75) is 39.3 Å². The molecule has 0 saturated carbocycles. The summed E-state index contributed by atoms with van der Waals surface area (Å²) in [6, 6.07) is 0.782. The molecule has 0 amide bonds. The van der Waals surface area contributed by atoms with Crippen LogP contribution in [-0.2, 0) is 4.74 Å². The highest BCUT2D eigenvalue weighted by molar-refractivity contribution is 7.09. The lowest BCUT2D eigenvalue weighted by Crippen LogP contribution is -2.34. The fourth-order valence-corrected chi connectivity index (χ4v) is 2.46. The largest absolute Gasteiger partial charge is 0.383 e. The number of nitrogens with zero attached hydrogens (tertiary/aromatic N) is 1. The van der Waals surface area contributed by atoms with E-state index in [4.69, 9.17) is 4.74 Å². The maximum Gasteiger partial charge on any atom is 0.0798 e. The zero-order chi connectivity index (χ0) is 11.3. The second kappa shape index (κ2) is 6.20. The molecule has 1 aromatic heterocycles. The maximum atomic E-state index is 5.17. The number of thiazole rings is 1. The highest BCUT2D eigenvalue weighted by Gasteiger charge is 2.14. The Balaban J connectivity index is 2.54. The summed E-state index contributed by atoms with van der Waals surface area (Å²) < 4.78 is 5.17. The predicted molar refractivity (Wildman–Crippen MR) is 64.4 cm³/mol. The molecule has 1 aromatic rings. The van der Waals surface area contributed by atoms with Crippen LogP contribution < -0.4 is 5.32 Å². The lowest BCUT2D eigenvalue weighted by atomic mass is 10.1. The lowest BCUT2D eigenvalue weighted by Gasteiger charge is -2.21. The molecule has 1 rings (SSSR count). The van der Waals surface area contributed by atoms with Crippen LogP contribution in [0.2, 0.25) is 0 Å². The molecule has 4 heteroatoms. The van der Waals surface area contributed by atoms with E-state index in [2.05, 4.69) is 31.1 Å². The molecule has 3 nitrogen and oxygen atoms in total. The van der Waals surface area contributed by atoms with Gasteiger partial charge in [-0.25, -0.2) is 4.98 Å². The highest BCUT2D eigenvalue weighted by atomic mass is 32.1. The van der Waals surface area contributed by atoms with Crippen LogP contribution in [0.15, 0.2) is 5.51 Å². The molecular formula is C11H20N2OS. The van der Waals surface area contributed by atoms with Crippen LogP contribution in [0.3, 0.4) is 0 Å². The van der Waals surface area contributed by atoms with Crippen LogP contribution in [-0.4, -0.2) is 24.7 Å². The van der Waals surface area contributed by atoms with Crippen molar-refractivity contribution >= 4 is 11.3 Å². The molecule has 0 spiro atoms. The standard InChI is InChI=1S/C11H20N2OS/c1-5-10(6-14-4)13-9(3)11-8(2)12-7-15-11/h7,9-10,13H,5-6H2,1-4H3. The first-order chi connectivity index (χ1) is 7.19. The van der Waals surface area contributed by atoms with Gasteiger partial charge in [0.1, 0.15) is 0 Å². The van der Waals surface area contributed by atoms with E-state index in [1.807, 2.05) is 5.51 Å². The van der Waals surface area contributed by atoms with E-state index >= 15 is 0 Å². The molecule has 86 valence electrons. The Morgan fingerprint density at radius 3 is 2.80 bits per heavy atom. The summed E-state index contributed by atoms with van der Waals surface area (Å²) in [5.41, 5.74) is 3.03. The lowest BCUT2D eigenvalue weighted by molar-refractivity contribution is 0.159. The van der Waals surface area contributed by atoms with Crippen molar-refractivity contribution in [1.29, 1.82) is 0 Å². The third kappa shape index (κ3) is 3.55. The maximum absolute atomic E-state index is 5.17. The van der Waals surface area contributed by atoms with Gasteiger partial charge >= 0.3 is 0 Å². The first-order valence-corrected chi connectivity index (χ1v) is 6.22. The van der Waals surface area contributed by atoms with Crippen molar-refractivity contribution in [1.82, 2.24) is 10.3 Å². The van der Waals surface area contributed by atoms with Gasteiger partial charge in [0.15, 0.2) is 0 Å². The Morgan fingerprint density at radius 1 is 1.60 bits per heavy atom. The quantitative estimate of drug-likeness (QED) is 0.812. The van der Waals surface area contributed by atoms with Crippen LogP contribution in [0.25, 0.3) is 0 Å². The molecular weight excluding hydrogens is 208 g/mol. The number of hydrogen-bond acceptors (Lipinski definition) is 4. The zero-order valence-corrected chi connectivity index (χ0v) is 10.7. The molecule has 1 heterocycles. The third-order valence-electron chi connectivity index (χ3n) is 2.52. The highest BCUT2D eigenvalue weighted by Crippen LogP contribution is 2.21. The van der Waals surface area contributed by atoms with E-state index in [9.17, 15) is 0 Å². The molecule has 0 radical (unpaired) electrons. The minimum absolute atomic E-state index is 0.359. The van der Waals surface area contributed by atoms with Gasteiger partial charge in [0.2, 0.25) is 0 Å². The molecule has 2 unspecified atom stereocenters. The van der Waals surface area contributed by atoms with Crippen LogP contribution in [0.5, 0.6) is 0 Å². The Hall–Kier alpha value is -0.450. The first kappa shape index (κ1) is 12.6. The fraction of sp³-hybridized carbons (Fsp3) is 0.727. The number of nitrogens with one attached hydrogen (secondary N) is 1. The average molecular weight is 228 g/mol. The molecule has 0 fully saturated rings. The van der Waals surface area contributed by atoms with Crippen molar-refractivity contribution in [3.63, 3.8) is 0 Å². The van der Waals surface area contributed by atoms with Crippen LogP contribution in [0, 0.1) is 6.92 Å². The molecule has 0 aliphatic carbocycles. The van der Waals surface area contributed by atoms with Crippen LogP contribution in [0.1, 0.15) is 36.9 Å². The Morgan fingerprint density at radius 2 is 2.33 bits per heavy atom. The number of ether oxygens (including phenoxy) is 1. The zero-order valence-electron chi connectivity index (χ0n) is 9.91. The fourth-order valence-electron chi connectivity index (χ4n) is 1.64. The van der Waals surface area contributed by atoms with Gasteiger partial charge in [-0.15, -0.1) is 11.3 Å². The van der Waals surface area contributed by atoms with Gasteiger partial charge in [-0.1, -0.05) is 6.92 Å². The minimum Gasteiger partial charge on any atom is -0.383 e. The predicted octanol–water partition coefficient (Wildman–Crippen LogP) is 2.53. The summed E-state index contributed by atoms with van der Waals surface area (Å²) in [4.78, 5) is 5.59. The van der Waals surface area contributed by atoms with E-state index in [0.29, 0.717) is 12.1 Å². The SMILES string of the molecule is CCC(COC)NC(C)c1scnc1C. The second-order valence-electron chi connectivity index (χ2n) is 3.75. The molecule has 0 saturated heterocycles. The molecule has 15 heavy (non-hydrogen) atoms. The van der Waals surface area contributed by atoms with Gasteiger partial charge in [0, 0.05) is 24.1 Å². The summed E-state index contributed by atoms with van der Waals surface area (Å²) in [7, 11) is 1.74. The van der Waals surface area contributed by atoms with Crippen molar-refractivity contribution in [2.24, 2.45) is 0 Å². The summed E-state index contributed by atoms with van der Waals surface area (Å²) in [5, 5.41) is 3.56. The van der Waals surface area contributed by atoms with Crippen LogP contribution >= 0.6 is 11.3 Å². The normalized spacial score (nSPS) is 15.2. The van der Waals surface area contributed by atoms with E-state index < -0.39 is 0 Å². The Bertz CT molecular complexity index is 288.